The number of barbiturate groups is 1. The molecule has 11 heteroatoms. The van der Waals surface area contributed by atoms with E-state index in [0.717, 1.165) is 4.90 Å². The van der Waals surface area contributed by atoms with E-state index in [-0.39, 0.29) is 27.7 Å². The maximum atomic E-state index is 13.0. The van der Waals surface area contributed by atoms with Crippen LogP contribution in [0.4, 0.5) is 16.2 Å². The smallest absolute Gasteiger partial charge is 0.335 e. The summed E-state index contributed by atoms with van der Waals surface area (Å²) in [6.45, 7) is 0. The number of nitro groups is 1. The first kappa shape index (κ1) is 21.8. The molecule has 0 bridgehead atoms. The number of halogens is 1. The van der Waals surface area contributed by atoms with Crippen LogP contribution >= 0.6 is 11.6 Å². The van der Waals surface area contributed by atoms with E-state index in [4.69, 9.17) is 20.8 Å². The van der Waals surface area contributed by atoms with Crippen LogP contribution in [0.2, 0.25) is 5.02 Å². The van der Waals surface area contributed by atoms with E-state index >= 15 is 0 Å². The van der Waals surface area contributed by atoms with Crippen molar-refractivity contribution in [3.63, 3.8) is 0 Å². The Kier molecular flexibility index (Phi) is 5.67. The predicted molar refractivity (Wildman–Crippen MR) is 118 cm³/mol. The Morgan fingerprint density at radius 1 is 1.12 bits per heavy atom. The number of nitrogens with one attached hydrogen (secondary N) is 1. The molecule has 0 saturated carbocycles. The number of urea groups is 1. The summed E-state index contributed by atoms with van der Waals surface area (Å²) >= 11 is 6.10. The molecule has 2 aromatic carbocycles. The van der Waals surface area contributed by atoms with Gasteiger partial charge < -0.3 is 9.15 Å². The molecule has 0 atom stereocenters. The zero-order valence-electron chi connectivity index (χ0n) is 16.9. The highest BCUT2D eigenvalue weighted by molar-refractivity contribution is 6.39. The van der Waals surface area contributed by atoms with Crippen molar-refractivity contribution in [3.05, 3.63) is 81.1 Å². The van der Waals surface area contributed by atoms with Gasteiger partial charge in [-0.3, -0.25) is 25.0 Å². The molecule has 0 aliphatic carbocycles. The normalized spacial score (nSPS) is 15.0. The summed E-state index contributed by atoms with van der Waals surface area (Å²) in [6.07, 6.45) is 1.18. The average Bonchev–Trinajstić information content (AvgIpc) is 3.25. The number of nitro benzene ring substituents is 1. The van der Waals surface area contributed by atoms with Crippen LogP contribution in [-0.2, 0) is 9.59 Å². The zero-order valence-corrected chi connectivity index (χ0v) is 17.7. The van der Waals surface area contributed by atoms with E-state index in [1.165, 1.54) is 55.7 Å². The third-order valence-electron chi connectivity index (χ3n) is 4.75. The van der Waals surface area contributed by atoms with Gasteiger partial charge in [0.15, 0.2) is 0 Å². The van der Waals surface area contributed by atoms with Crippen LogP contribution in [0.3, 0.4) is 0 Å². The number of amides is 4. The molecule has 0 radical (unpaired) electrons. The van der Waals surface area contributed by atoms with E-state index in [1.807, 2.05) is 0 Å². The summed E-state index contributed by atoms with van der Waals surface area (Å²) in [4.78, 5) is 48.9. The second-order valence-corrected chi connectivity index (χ2v) is 7.19. The van der Waals surface area contributed by atoms with Crippen LogP contribution in [0.1, 0.15) is 5.76 Å². The number of nitrogens with zero attached hydrogens (tertiary/aromatic N) is 2. The monoisotopic (exact) mass is 467 g/mol. The van der Waals surface area contributed by atoms with Gasteiger partial charge in [0.1, 0.15) is 22.8 Å². The number of non-ortho nitro benzene ring substituents is 1. The van der Waals surface area contributed by atoms with Gasteiger partial charge in [-0.1, -0.05) is 23.7 Å². The molecule has 1 N–H and O–H groups in total. The molecule has 1 fully saturated rings. The predicted octanol–water partition coefficient (Wildman–Crippen LogP) is 4.18. The van der Waals surface area contributed by atoms with Crippen LogP contribution in [0.5, 0.6) is 5.75 Å². The maximum absolute atomic E-state index is 13.0. The van der Waals surface area contributed by atoms with Crippen molar-refractivity contribution in [2.45, 2.75) is 0 Å². The molecule has 4 rings (SSSR count). The summed E-state index contributed by atoms with van der Waals surface area (Å²) in [5, 5.41) is 13.3. The Morgan fingerprint density at radius 2 is 1.91 bits per heavy atom. The standard InChI is InChI=1S/C22H14ClN3O7/c1-32-19-7-5-13(10-17(19)23)25-21(28)16(20(27)24-22(25)29)11-15-6-8-18(33-15)12-3-2-4-14(9-12)26(30)31/h2-11H,1H3,(H,24,27,29). The third-order valence-corrected chi connectivity index (χ3v) is 5.05. The summed E-state index contributed by atoms with van der Waals surface area (Å²) < 4.78 is 10.7. The second-order valence-electron chi connectivity index (χ2n) is 6.79. The SMILES string of the molecule is COc1ccc(N2C(=O)NC(=O)C(=Cc3ccc(-c4cccc([N+](=O)[O-])c4)o3)C2=O)cc1Cl. The van der Waals surface area contributed by atoms with Crippen LogP contribution in [0.15, 0.2) is 64.6 Å². The number of furan rings is 1. The van der Waals surface area contributed by atoms with Gasteiger partial charge in [-0.05, 0) is 36.4 Å². The van der Waals surface area contributed by atoms with Gasteiger partial charge >= 0.3 is 6.03 Å². The second kappa shape index (κ2) is 8.60. The first-order chi connectivity index (χ1) is 15.8. The first-order valence-electron chi connectivity index (χ1n) is 9.38. The summed E-state index contributed by atoms with van der Waals surface area (Å²) in [7, 11) is 1.42. The molecule has 1 aliphatic heterocycles. The van der Waals surface area contributed by atoms with Crippen molar-refractivity contribution in [1.29, 1.82) is 0 Å². The number of methoxy groups -OCH3 is 1. The quantitative estimate of drug-likeness (QED) is 0.257. The molecule has 1 aromatic heterocycles. The lowest BCUT2D eigenvalue weighted by Gasteiger charge is -2.26. The van der Waals surface area contributed by atoms with Crippen molar-refractivity contribution in [3.8, 4) is 17.1 Å². The van der Waals surface area contributed by atoms with E-state index in [0.29, 0.717) is 17.1 Å². The molecule has 4 amide bonds. The number of rotatable bonds is 5. The Hall–Kier alpha value is -4.44. The average molecular weight is 468 g/mol. The number of carbonyl (C=O) groups excluding carboxylic acids is 3. The Bertz CT molecular complexity index is 1350. The fourth-order valence-corrected chi connectivity index (χ4v) is 3.44. The molecular formula is C22H14ClN3O7. The molecule has 2 heterocycles. The van der Waals surface area contributed by atoms with Crippen LogP contribution in [0.25, 0.3) is 17.4 Å². The fraction of sp³-hybridized carbons (Fsp3) is 0.0455. The zero-order chi connectivity index (χ0) is 23.7. The first-order valence-corrected chi connectivity index (χ1v) is 9.76. The largest absolute Gasteiger partial charge is 0.495 e. The Labute approximate surface area is 191 Å². The van der Waals surface area contributed by atoms with Crippen LogP contribution in [-0.4, -0.2) is 29.9 Å². The van der Waals surface area contributed by atoms with Gasteiger partial charge in [-0.2, -0.15) is 0 Å². The third kappa shape index (κ3) is 4.19. The van der Waals surface area contributed by atoms with Gasteiger partial charge in [-0.25, -0.2) is 9.69 Å². The molecule has 10 nitrogen and oxygen atoms in total. The highest BCUT2D eigenvalue weighted by Gasteiger charge is 2.37. The highest BCUT2D eigenvalue weighted by Crippen LogP contribution is 2.31. The van der Waals surface area contributed by atoms with E-state index in [2.05, 4.69) is 5.32 Å². The minimum Gasteiger partial charge on any atom is -0.495 e. The minimum atomic E-state index is -0.930. The highest BCUT2D eigenvalue weighted by atomic mass is 35.5. The van der Waals surface area contributed by atoms with E-state index in [9.17, 15) is 24.5 Å². The van der Waals surface area contributed by atoms with Crippen molar-refractivity contribution < 1.29 is 28.5 Å². The lowest BCUT2D eigenvalue weighted by Crippen LogP contribution is -2.54. The Balaban J connectivity index is 1.67. The molecule has 33 heavy (non-hydrogen) atoms. The van der Waals surface area contributed by atoms with Crippen molar-refractivity contribution >= 4 is 46.9 Å². The summed E-state index contributed by atoms with van der Waals surface area (Å²) in [5.41, 5.74) is 0.121. The topological polar surface area (TPSA) is 132 Å². The van der Waals surface area contributed by atoms with Crippen LogP contribution in [0, 0.1) is 10.1 Å². The Morgan fingerprint density at radius 3 is 2.61 bits per heavy atom. The van der Waals surface area contributed by atoms with Gasteiger partial charge in [0.25, 0.3) is 17.5 Å². The number of anilines is 1. The van der Waals surface area contributed by atoms with Crippen LogP contribution < -0.4 is 15.0 Å². The number of hydrogen-bond donors (Lipinski definition) is 1. The molecule has 1 saturated heterocycles. The molecule has 0 spiro atoms. The molecular weight excluding hydrogens is 454 g/mol. The molecule has 3 aromatic rings. The molecule has 1 aliphatic rings. The van der Waals surface area contributed by atoms with Crippen molar-refractivity contribution in [1.82, 2.24) is 5.32 Å². The van der Waals surface area contributed by atoms with E-state index in [1.54, 1.807) is 12.1 Å². The van der Waals surface area contributed by atoms with Gasteiger partial charge in [0, 0.05) is 17.7 Å². The van der Waals surface area contributed by atoms with E-state index < -0.39 is 22.8 Å². The number of imide groups is 2. The lowest BCUT2D eigenvalue weighted by atomic mass is 10.1. The van der Waals surface area contributed by atoms with Gasteiger partial charge in [0.05, 0.1) is 22.7 Å². The number of hydrogen-bond acceptors (Lipinski definition) is 7. The van der Waals surface area contributed by atoms with Gasteiger partial charge in [0.2, 0.25) is 0 Å². The fourth-order valence-electron chi connectivity index (χ4n) is 3.19. The summed E-state index contributed by atoms with van der Waals surface area (Å²) in [5.74, 6) is -0.991. The minimum absolute atomic E-state index is 0.113. The molecule has 166 valence electrons. The molecule has 0 unspecified atom stereocenters. The number of carbonyl (C=O) groups is 3. The van der Waals surface area contributed by atoms with Crippen molar-refractivity contribution in [2.24, 2.45) is 0 Å². The lowest BCUT2D eigenvalue weighted by molar-refractivity contribution is -0.384. The van der Waals surface area contributed by atoms with Crippen molar-refractivity contribution in [2.75, 3.05) is 12.0 Å². The number of ether oxygens (including phenoxy) is 1. The summed E-state index contributed by atoms with van der Waals surface area (Å²) in [6, 6.07) is 12.2. The maximum Gasteiger partial charge on any atom is 0.335 e. The van der Waals surface area contributed by atoms with Gasteiger partial charge in [-0.15, -0.1) is 0 Å². The number of benzene rings is 2.